The molecule has 0 fully saturated rings. The standard InChI is InChI=1S/C12H9ClF2INS/c1-17-12(6-2-11(16)18-5-6)7-3-9(14)10(15)4-8(7)13/h2-5,12,17H,1H3. The molecule has 1 unspecified atom stereocenters. The molecule has 96 valence electrons. The predicted octanol–water partition coefficient (Wildman–Crippen LogP) is 4.59. The summed E-state index contributed by atoms with van der Waals surface area (Å²) in [4.78, 5) is 0. The van der Waals surface area contributed by atoms with Crippen LogP contribution in [0.5, 0.6) is 0 Å². The average molecular weight is 400 g/mol. The third-order valence-electron chi connectivity index (χ3n) is 2.56. The van der Waals surface area contributed by atoms with E-state index in [-0.39, 0.29) is 11.1 Å². The Bertz CT molecular complexity index is 573. The van der Waals surface area contributed by atoms with Crippen molar-refractivity contribution in [3.05, 3.63) is 54.2 Å². The molecule has 1 aromatic carbocycles. The summed E-state index contributed by atoms with van der Waals surface area (Å²) in [6.07, 6.45) is 0. The second kappa shape index (κ2) is 5.81. The number of hydrogen-bond acceptors (Lipinski definition) is 2. The molecule has 18 heavy (non-hydrogen) atoms. The second-order valence-corrected chi connectivity index (χ2v) is 6.91. The fraction of sp³-hybridized carbons (Fsp3) is 0.167. The highest BCUT2D eigenvalue weighted by atomic mass is 127. The van der Waals surface area contributed by atoms with Crippen LogP contribution in [0.15, 0.2) is 23.6 Å². The maximum absolute atomic E-state index is 13.3. The fourth-order valence-electron chi connectivity index (χ4n) is 1.74. The van der Waals surface area contributed by atoms with Crippen LogP contribution in [0.4, 0.5) is 8.78 Å². The van der Waals surface area contributed by atoms with Gasteiger partial charge in [-0.15, -0.1) is 11.3 Å². The van der Waals surface area contributed by atoms with Crippen molar-refractivity contribution in [3.8, 4) is 0 Å². The molecule has 0 aliphatic heterocycles. The number of thiophene rings is 1. The molecule has 0 aliphatic carbocycles. The largest absolute Gasteiger partial charge is 0.309 e. The molecule has 0 aliphatic rings. The molecule has 2 aromatic rings. The molecule has 6 heteroatoms. The van der Waals surface area contributed by atoms with Crippen LogP contribution in [-0.2, 0) is 0 Å². The lowest BCUT2D eigenvalue weighted by Crippen LogP contribution is -2.18. The molecule has 0 spiro atoms. The van der Waals surface area contributed by atoms with E-state index in [1.807, 2.05) is 11.4 Å². The van der Waals surface area contributed by atoms with Gasteiger partial charge in [0.25, 0.3) is 0 Å². The third kappa shape index (κ3) is 2.84. The first kappa shape index (κ1) is 14.2. The Hall–Kier alpha value is -0.240. The zero-order valence-corrected chi connectivity index (χ0v) is 13.0. The predicted molar refractivity (Wildman–Crippen MR) is 79.3 cm³/mol. The number of rotatable bonds is 3. The van der Waals surface area contributed by atoms with Gasteiger partial charge in [-0.2, -0.15) is 0 Å². The lowest BCUT2D eigenvalue weighted by molar-refractivity contribution is 0.505. The summed E-state index contributed by atoms with van der Waals surface area (Å²) in [7, 11) is 1.76. The van der Waals surface area contributed by atoms with Gasteiger partial charge in [-0.25, -0.2) is 8.78 Å². The van der Waals surface area contributed by atoms with Gasteiger partial charge in [-0.05, 0) is 64.3 Å². The molecule has 1 atom stereocenters. The van der Waals surface area contributed by atoms with Gasteiger partial charge < -0.3 is 5.32 Å². The Labute approximate surface area is 126 Å². The lowest BCUT2D eigenvalue weighted by atomic mass is 10.0. The monoisotopic (exact) mass is 399 g/mol. The second-order valence-electron chi connectivity index (χ2n) is 3.69. The molecule has 0 amide bonds. The van der Waals surface area contributed by atoms with Gasteiger partial charge in [0.2, 0.25) is 0 Å². The smallest absolute Gasteiger partial charge is 0.160 e. The van der Waals surface area contributed by atoms with Crippen LogP contribution < -0.4 is 5.32 Å². The Morgan fingerprint density at radius 2 is 1.94 bits per heavy atom. The molecule has 0 radical (unpaired) electrons. The van der Waals surface area contributed by atoms with Gasteiger partial charge in [0, 0.05) is 5.02 Å². The van der Waals surface area contributed by atoms with Crippen LogP contribution in [0.2, 0.25) is 5.02 Å². The highest BCUT2D eigenvalue weighted by Gasteiger charge is 2.19. The lowest BCUT2D eigenvalue weighted by Gasteiger charge is -2.17. The van der Waals surface area contributed by atoms with E-state index in [1.54, 1.807) is 18.4 Å². The minimum atomic E-state index is -0.932. The minimum absolute atomic E-state index is 0.217. The van der Waals surface area contributed by atoms with Gasteiger partial charge in [-0.1, -0.05) is 11.6 Å². The quantitative estimate of drug-likeness (QED) is 0.588. The van der Waals surface area contributed by atoms with Crippen LogP contribution in [0.1, 0.15) is 17.2 Å². The Kier molecular flexibility index (Phi) is 4.58. The maximum Gasteiger partial charge on any atom is 0.160 e. The Balaban J connectivity index is 2.48. The van der Waals surface area contributed by atoms with Crippen LogP contribution in [0, 0.1) is 14.5 Å². The minimum Gasteiger partial charge on any atom is -0.309 e. The van der Waals surface area contributed by atoms with Crippen molar-refractivity contribution in [1.29, 1.82) is 0 Å². The number of hydrogen-bond donors (Lipinski definition) is 1. The summed E-state index contributed by atoms with van der Waals surface area (Å²) in [5.41, 5.74) is 1.52. The van der Waals surface area contributed by atoms with Crippen molar-refractivity contribution in [2.45, 2.75) is 6.04 Å². The molecule has 0 saturated carbocycles. The molecular formula is C12H9ClF2INS. The van der Waals surface area contributed by atoms with Gasteiger partial charge in [0.15, 0.2) is 11.6 Å². The first-order valence-corrected chi connectivity index (χ1v) is 7.42. The van der Waals surface area contributed by atoms with Crippen molar-refractivity contribution >= 4 is 45.5 Å². The average Bonchev–Trinajstić information content (AvgIpc) is 2.73. The highest BCUT2D eigenvalue weighted by Crippen LogP contribution is 2.32. The van der Waals surface area contributed by atoms with Crippen molar-refractivity contribution < 1.29 is 8.78 Å². The van der Waals surface area contributed by atoms with Crippen molar-refractivity contribution in [2.24, 2.45) is 0 Å². The normalized spacial score (nSPS) is 12.7. The van der Waals surface area contributed by atoms with Crippen molar-refractivity contribution in [2.75, 3.05) is 7.05 Å². The SMILES string of the molecule is CNC(c1csc(I)c1)c1cc(F)c(F)cc1Cl. The van der Waals surface area contributed by atoms with Gasteiger partial charge in [-0.3, -0.25) is 0 Å². The first-order valence-electron chi connectivity index (χ1n) is 5.08. The summed E-state index contributed by atoms with van der Waals surface area (Å²) >= 11 is 9.79. The van der Waals surface area contributed by atoms with Crippen LogP contribution in [0.3, 0.4) is 0 Å². The van der Waals surface area contributed by atoms with Gasteiger partial charge in [0.1, 0.15) is 0 Å². The summed E-state index contributed by atoms with van der Waals surface area (Å²) in [5, 5.41) is 5.26. The molecular weight excluding hydrogens is 391 g/mol. The Morgan fingerprint density at radius 3 is 2.50 bits per heavy atom. The summed E-state index contributed by atoms with van der Waals surface area (Å²) in [6, 6.07) is 3.90. The first-order chi connectivity index (χ1) is 8.52. The number of nitrogens with one attached hydrogen (secondary N) is 1. The number of halogens is 4. The van der Waals surface area contributed by atoms with E-state index in [0.717, 1.165) is 20.6 Å². The third-order valence-corrected chi connectivity index (χ3v) is 4.69. The van der Waals surface area contributed by atoms with Crippen molar-refractivity contribution in [3.63, 3.8) is 0 Å². The zero-order valence-electron chi connectivity index (χ0n) is 9.31. The van der Waals surface area contributed by atoms with Crippen LogP contribution in [0.25, 0.3) is 0 Å². The molecule has 0 saturated heterocycles. The Morgan fingerprint density at radius 1 is 1.28 bits per heavy atom. The van der Waals surface area contributed by atoms with E-state index < -0.39 is 11.6 Å². The van der Waals surface area contributed by atoms with Crippen LogP contribution in [-0.4, -0.2) is 7.05 Å². The van der Waals surface area contributed by atoms with Crippen molar-refractivity contribution in [1.82, 2.24) is 5.32 Å². The maximum atomic E-state index is 13.3. The van der Waals surface area contributed by atoms with E-state index in [2.05, 4.69) is 27.9 Å². The topological polar surface area (TPSA) is 12.0 Å². The highest BCUT2D eigenvalue weighted by molar-refractivity contribution is 14.1. The zero-order chi connectivity index (χ0) is 13.3. The van der Waals surface area contributed by atoms with Gasteiger partial charge in [0.05, 0.1) is 8.93 Å². The number of benzene rings is 1. The van der Waals surface area contributed by atoms with E-state index >= 15 is 0 Å². The summed E-state index contributed by atoms with van der Waals surface area (Å²) in [6.45, 7) is 0. The molecule has 1 heterocycles. The molecule has 2 rings (SSSR count). The van der Waals surface area contributed by atoms with E-state index in [0.29, 0.717) is 5.56 Å². The molecule has 1 aromatic heterocycles. The summed E-state index contributed by atoms with van der Waals surface area (Å²) < 4.78 is 27.5. The van der Waals surface area contributed by atoms with Crippen LogP contribution >= 0.6 is 45.5 Å². The van der Waals surface area contributed by atoms with E-state index in [4.69, 9.17) is 11.6 Å². The fourth-order valence-corrected chi connectivity index (χ4v) is 3.39. The van der Waals surface area contributed by atoms with E-state index in [1.165, 1.54) is 0 Å². The van der Waals surface area contributed by atoms with E-state index in [9.17, 15) is 8.78 Å². The molecule has 1 nitrogen and oxygen atoms in total. The van der Waals surface area contributed by atoms with Gasteiger partial charge >= 0.3 is 0 Å². The molecule has 1 N–H and O–H groups in total. The summed E-state index contributed by atoms with van der Waals surface area (Å²) in [5.74, 6) is -1.82. The molecule has 0 bridgehead atoms.